The number of para-hydroxylation sites is 1. The lowest BCUT2D eigenvalue weighted by atomic mass is 10.1. The fourth-order valence-electron chi connectivity index (χ4n) is 4.04. The zero-order chi connectivity index (χ0) is 19.7. The standard InChI is InChI=1S/C21H24N2O4S/c1-16(24)22-13-11-18-19(12-14-22)27-20-9-5-6-10-21(20)28(25,26)23(18)15-17-7-3-2-4-8-17/h2-10,18-19H,11-15H2,1H3/t18-,19-/m0/s1. The Hall–Kier alpha value is -2.38. The lowest BCUT2D eigenvalue weighted by Gasteiger charge is -2.31. The summed E-state index contributed by atoms with van der Waals surface area (Å²) in [5.74, 6) is 0.402. The SMILES string of the molecule is CC(=O)N1CC[C@@H]2Oc3ccccc3S(=O)(=O)N(Cc3ccccc3)[C@H]2CC1. The molecule has 2 aliphatic rings. The molecule has 2 aromatic rings. The van der Waals surface area contributed by atoms with Gasteiger partial charge >= 0.3 is 0 Å². The first kappa shape index (κ1) is 19.0. The third-order valence-corrected chi connectivity index (χ3v) is 7.43. The molecule has 0 spiro atoms. The molecule has 1 fully saturated rings. The quantitative estimate of drug-likeness (QED) is 0.777. The summed E-state index contributed by atoms with van der Waals surface area (Å²) in [4.78, 5) is 13.9. The number of benzene rings is 2. The largest absolute Gasteiger partial charge is 0.487 e. The summed E-state index contributed by atoms with van der Waals surface area (Å²) in [6.45, 7) is 2.92. The van der Waals surface area contributed by atoms with Crippen molar-refractivity contribution in [3.8, 4) is 5.75 Å². The van der Waals surface area contributed by atoms with Crippen LogP contribution in [-0.2, 0) is 21.4 Å². The van der Waals surface area contributed by atoms with Crippen LogP contribution in [0.3, 0.4) is 0 Å². The summed E-state index contributed by atoms with van der Waals surface area (Å²) < 4.78 is 34.9. The predicted octanol–water partition coefficient (Wildman–Crippen LogP) is 2.65. The van der Waals surface area contributed by atoms with Crippen LogP contribution in [0, 0.1) is 0 Å². The summed E-state index contributed by atoms with van der Waals surface area (Å²) in [5, 5.41) is 0. The van der Waals surface area contributed by atoms with Gasteiger partial charge in [0.05, 0.1) is 6.04 Å². The number of hydrogen-bond donors (Lipinski definition) is 0. The molecule has 2 heterocycles. The minimum absolute atomic E-state index is 0.00864. The fourth-order valence-corrected chi connectivity index (χ4v) is 5.83. The summed E-state index contributed by atoms with van der Waals surface area (Å²) in [6, 6.07) is 16.1. The van der Waals surface area contributed by atoms with Crippen LogP contribution >= 0.6 is 0 Å². The van der Waals surface area contributed by atoms with Gasteiger partial charge < -0.3 is 9.64 Å². The maximum absolute atomic E-state index is 13.6. The number of carbonyl (C=O) groups excluding carboxylic acids is 1. The van der Waals surface area contributed by atoms with Crippen molar-refractivity contribution in [1.29, 1.82) is 0 Å². The van der Waals surface area contributed by atoms with Crippen molar-refractivity contribution in [2.24, 2.45) is 0 Å². The molecule has 4 rings (SSSR count). The fraction of sp³-hybridized carbons (Fsp3) is 0.381. The Balaban J connectivity index is 1.78. The maximum atomic E-state index is 13.6. The molecule has 0 unspecified atom stereocenters. The van der Waals surface area contributed by atoms with Crippen LogP contribution in [0.25, 0.3) is 0 Å². The Morgan fingerprint density at radius 1 is 1.04 bits per heavy atom. The van der Waals surface area contributed by atoms with Crippen molar-refractivity contribution in [2.75, 3.05) is 13.1 Å². The van der Waals surface area contributed by atoms with Crippen LogP contribution in [-0.4, -0.2) is 48.8 Å². The first-order valence-corrected chi connectivity index (χ1v) is 11.0. The van der Waals surface area contributed by atoms with Gasteiger partial charge in [-0.3, -0.25) is 4.79 Å². The normalized spacial score (nSPS) is 24.2. The lowest BCUT2D eigenvalue weighted by molar-refractivity contribution is -0.128. The monoisotopic (exact) mass is 400 g/mol. The molecule has 0 radical (unpaired) electrons. The van der Waals surface area contributed by atoms with Crippen molar-refractivity contribution in [3.05, 3.63) is 60.2 Å². The highest BCUT2D eigenvalue weighted by Crippen LogP contribution is 2.37. The second-order valence-electron chi connectivity index (χ2n) is 7.29. The zero-order valence-electron chi connectivity index (χ0n) is 15.8. The second kappa shape index (κ2) is 7.56. The van der Waals surface area contributed by atoms with Crippen molar-refractivity contribution < 1.29 is 17.9 Å². The lowest BCUT2D eigenvalue weighted by Crippen LogP contribution is -2.46. The molecule has 2 atom stereocenters. The van der Waals surface area contributed by atoms with Crippen LogP contribution in [0.2, 0.25) is 0 Å². The molecule has 0 aliphatic carbocycles. The van der Waals surface area contributed by atoms with Crippen molar-refractivity contribution in [2.45, 2.75) is 43.4 Å². The molecule has 7 heteroatoms. The van der Waals surface area contributed by atoms with Gasteiger partial charge in [0.15, 0.2) is 0 Å². The molecule has 148 valence electrons. The van der Waals surface area contributed by atoms with E-state index in [0.29, 0.717) is 31.7 Å². The van der Waals surface area contributed by atoms with Gasteiger partial charge in [-0.25, -0.2) is 8.42 Å². The highest BCUT2D eigenvalue weighted by Gasteiger charge is 2.43. The predicted molar refractivity (Wildman–Crippen MR) is 105 cm³/mol. The number of carbonyl (C=O) groups is 1. The molecule has 0 N–H and O–H groups in total. The highest BCUT2D eigenvalue weighted by molar-refractivity contribution is 7.89. The van der Waals surface area contributed by atoms with Crippen molar-refractivity contribution >= 4 is 15.9 Å². The summed E-state index contributed by atoms with van der Waals surface area (Å²) in [7, 11) is -3.74. The molecular formula is C21H24N2O4S. The van der Waals surface area contributed by atoms with Gasteiger partial charge in [0.25, 0.3) is 0 Å². The number of amides is 1. The van der Waals surface area contributed by atoms with E-state index in [2.05, 4.69) is 0 Å². The number of hydrogen-bond acceptors (Lipinski definition) is 4. The van der Waals surface area contributed by atoms with Gasteiger partial charge in [-0.15, -0.1) is 0 Å². The molecule has 0 bridgehead atoms. The molecule has 28 heavy (non-hydrogen) atoms. The number of rotatable bonds is 2. The first-order valence-electron chi connectivity index (χ1n) is 9.54. The molecule has 2 aromatic carbocycles. The smallest absolute Gasteiger partial charge is 0.247 e. The highest BCUT2D eigenvalue weighted by atomic mass is 32.2. The summed E-state index contributed by atoms with van der Waals surface area (Å²) in [5.41, 5.74) is 0.928. The van der Waals surface area contributed by atoms with Gasteiger partial charge in [0, 0.05) is 33.0 Å². The van der Waals surface area contributed by atoms with E-state index < -0.39 is 10.0 Å². The summed E-state index contributed by atoms with van der Waals surface area (Å²) >= 11 is 0. The minimum Gasteiger partial charge on any atom is -0.487 e. The van der Waals surface area contributed by atoms with E-state index in [0.717, 1.165) is 5.56 Å². The van der Waals surface area contributed by atoms with Crippen LogP contribution < -0.4 is 4.74 Å². The Bertz CT molecular complexity index is 961. The molecule has 6 nitrogen and oxygen atoms in total. The Labute approximate surface area is 165 Å². The molecular weight excluding hydrogens is 376 g/mol. The topological polar surface area (TPSA) is 66.9 Å². The maximum Gasteiger partial charge on any atom is 0.247 e. The minimum atomic E-state index is -3.74. The molecule has 0 aromatic heterocycles. The van der Waals surface area contributed by atoms with E-state index >= 15 is 0 Å². The third kappa shape index (κ3) is 3.52. The Kier molecular flexibility index (Phi) is 5.12. The molecule has 1 saturated heterocycles. The Morgan fingerprint density at radius 3 is 2.46 bits per heavy atom. The van der Waals surface area contributed by atoms with Crippen molar-refractivity contribution in [3.63, 3.8) is 0 Å². The average Bonchev–Trinajstić information content (AvgIpc) is 2.93. The van der Waals surface area contributed by atoms with Crippen LogP contribution in [0.5, 0.6) is 5.75 Å². The summed E-state index contributed by atoms with van der Waals surface area (Å²) in [6.07, 6.45) is 0.843. The molecule has 1 amide bonds. The van der Waals surface area contributed by atoms with Crippen LogP contribution in [0.1, 0.15) is 25.3 Å². The van der Waals surface area contributed by atoms with E-state index in [1.54, 1.807) is 40.4 Å². The second-order valence-corrected chi connectivity index (χ2v) is 9.15. The van der Waals surface area contributed by atoms with Crippen LogP contribution in [0.4, 0.5) is 0 Å². The number of fused-ring (bicyclic) bond motifs is 2. The first-order chi connectivity index (χ1) is 13.5. The van der Waals surface area contributed by atoms with Gasteiger partial charge in [-0.05, 0) is 24.1 Å². The average molecular weight is 401 g/mol. The zero-order valence-corrected chi connectivity index (χ0v) is 16.6. The molecule has 0 saturated carbocycles. The van der Waals surface area contributed by atoms with E-state index in [9.17, 15) is 13.2 Å². The number of nitrogens with zero attached hydrogens (tertiary/aromatic N) is 2. The van der Waals surface area contributed by atoms with Gasteiger partial charge in [0.1, 0.15) is 16.7 Å². The van der Waals surface area contributed by atoms with E-state index in [1.807, 2.05) is 30.3 Å². The van der Waals surface area contributed by atoms with Gasteiger partial charge in [-0.1, -0.05) is 42.5 Å². The third-order valence-electron chi connectivity index (χ3n) is 5.52. The number of likely N-dealkylation sites (tertiary alicyclic amines) is 1. The number of ether oxygens (including phenoxy) is 1. The molecule has 2 aliphatic heterocycles. The van der Waals surface area contributed by atoms with Crippen LogP contribution in [0.15, 0.2) is 59.5 Å². The van der Waals surface area contributed by atoms with E-state index in [-0.39, 0.29) is 29.5 Å². The van der Waals surface area contributed by atoms with Gasteiger partial charge in [0.2, 0.25) is 15.9 Å². The van der Waals surface area contributed by atoms with Crippen molar-refractivity contribution in [1.82, 2.24) is 9.21 Å². The van der Waals surface area contributed by atoms with E-state index in [1.165, 1.54) is 0 Å². The number of sulfonamides is 1. The van der Waals surface area contributed by atoms with Gasteiger partial charge in [-0.2, -0.15) is 4.31 Å². The van der Waals surface area contributed by atoms with E-state index in [4.69, 9.17) is 4.74 Å². The Morgan fingerprint density at radius 2 is 1.71 bits per heavy atom.